The molecule has 1 heterocycles. The summed E-state index contributed by atoms with van der Waals surface area (Å²) in [6, 6.07) is 0. The standard InChI is InChI=1S/C10H20N2O3/c1-10(2,3)15-9(13)12(4)8-7-11-5-6-14-8/h8,11H,5-7H2,1-4H3/t8-/m1/s1. The number of carbonyl (C=O) groups excluding carboxylic acids is 1. The quantitative estimate of drug-likeness (QED) is 0.704. The van der Waals surface area contributed by atoms with Gasteiger partial charge in [-0.05, 0) is 20.8 Å². The van der Waals surface area contributed by atoms with E-state index in [0.29, 0.717) is 13.2 Å². The summed E-state index contributed by atoms with van der Waals surface area (Å²) in [5.74, 6) is 0. The molecule has 0 aromatic rings. The van der Waals surface area contributed by atoms with E-state index in [-0.39, 0.29) is 12.3 Å². The Kier molecular flexibility index (Phi) is 3.93. The summed E-state index contributed by atoms with van der Waals surface area (Å²) < 4.78 is 10.7. The Morgan fingerprint density at radius 3 is 2.67 bits per heavy atom. The second-order valence-corrected chi connectivity index (χ2v) is 4.62. The average Bonchev–Trinajstić information content (AvgIpc) is 2.15. The molecule has 5 heteroatoms. The largest absolute Gasteiger partial charge is 0.444 e. The monoisotopic (exact) mass is 216 g/mol. The van der Waals surface area contributed by atoms with E-state index in [1.165, 1.54) is 4.90 Å². The van der Waals surface area contributed by atoms with Crippen LogP contribution in [0.4, 0.5) is 4.79 Å². The molecule has 1 aliphatic rings. The van der Waals surface area contributed by atoms with Gasteiger partial charge in [-0.1, -0.05) is 0 Å². The van der Waals surface area contributed by atoms with Gasteiger partial charge in [0.05, 0.1) is 6.61 Å². The van der Waals surface area contributed by atoms with E-state index in [4.69, 9.17) is 9.47 Å². The van der Waals surface area contributed by atoms with Crippen molar-refractivity contribution in [1.29, 1.82) is 0 Å². The Hall–Kier alpha value is -0.810. The number of nitrogens with zero attached hydrogens (tertiary/aromatic N) is 1. The number of hydrogen-bond donors (Lipinski definition) is 1. The maximum Gasteiger partial charge on any atom is 0.412 e. The molecule has 0 bridgehead atoms. The van der Waals surface area contributed by atoms with E-state index >= 15 is 0 Å². The number of morpholine rings is 1. The van der Waals surface area contributed by atoms with Crippen LogP contribution in [0.15, 0.2) is 0 Å². The van der Waals surface area contributed by atoms with Crippen molar-refractivity contribution in [3.05, 3.63) is 0 Å². The van der Waals surface area contributed by atoms with Crippen LogP contribution in [0.5, 0.6) is 0 Å². The van der Waals surface area contributed by atoms with Crippen LogP contribution in [0.3, 0.4) is 0 Å². The Balaban J connectivity index is 2.44. The molecule has 15 heavy (non-hydrogen) atoms. The van der Waals surface area contributed by atoms with E-state index < -0.39 is 5.60 Å². The minimum Gasteiger partial charge on any atom is -0.444 e. The predicted molar refractivity (Wildman–Crippen MR) is 56.6 cm³/mol. The number of carbonyl (C=O) groups is 1. The zero-order valence-electron chi connectivity index (χ0n) is 9.87. The van der Waals surface area contributed by atoms with Crippen LogP contribution < -0.4 is 5.32 Å². The fraction of sp³-hybridized carbons (Fsp3) is 0.900. The fourth-order valence-corrected chi connectivity index (χ4v) is 1.25. The molecule has 1 aliphatic heterocycles. The predicted octanol–water partition coefficient (Wildman–Crippen LogP) is 0.799. The lowest BCUT2D eigenvalue weighted by Crippen LogP contribution is -2.50. The molecule has 0 spiro atoms. The number of ether oxygens (including phenoxy) is 2. The van der Waals surface area contributed by atoms with Gasteiger partial charge >= 0.3 is 6.09 Å². The highest BCUT2D eigenvalue weighted by atomic mass is 16.6. The topological polar surface area (TPSA) is 50.8 Å². The van der Waals surface area contributed by atoms with E-state index in [2.05, 4.69) is 5.32 Å². The maximum atomic E-state index is 11.7. The molecule has 0 radical (unpaired) electrons. The molecule has 1 atom stereocenters. The Morgan fingerprint density at radius 1 is 1.53 bits per heavy atom. The smallest absolute Gasteiger partial charge is 0.412 e. The minimum absolute atomic E-state index is 0.228. The highest BCUT2D eigenvalue weighted by Crippen LogP contribution is 2.11. The summed E-state index contributed by atoms with van der Waals surface area (Å²) in [5, 5.41) is 3.16. The average molecular weight is 216 g/mol. The van der Waals surface area contributed by atoms with Crippen LogP contribution in [0.1, 0.15) is 20.8 Å². The maximum absolute atomic E-state index is 11.7. The molecule has 0 unspecified atom stereocenters. The molecule has 0 saturated carbocycles. The second kappa shape index (κ2) is 4.81. The number of rotatable bonds is 1. The lowest BCUT2D eigenvalue weighted by atomic mass is 10.2. The van der Waals surface area contributed by atoms with Gasteiger partial charge in [-0.2, -0.15) is 0 Å². The lowest BCUT2D eigenvalue weighted by Gasteiger charge is -2.33. The second-order valence-electron chi connectivity index (χ2n) is 4.62. The van der Waals surface area contributed by atoms with E-state index in [0.717, 1.165) is 6.54 Å². The molecule has 0 aromatic heterocycles. The molecule has 1 rings (SSSR count). The SMILES string of the molecule is CN(C(=O)OC(C)(C)C)[C@H]1CNCCO1. The van der Waals surface area contributed by atoms with Crippen molar-refractivity contribution >= 4 is 6.09 Å². The Morgan fingerprint density at radius 2 is 2.20 bits per heavy atom. The van der Waals surface area contributed by atoms with E-state index in [9.17, 15) is 4.79 Å². The lowest BCUT2D eigenvalue weighted by molar-refractivity contribution is -0.0699. The van der Waals surface area contributed by atoms with Crippen LogP contribution in [-0.2, 0) is 9.47 Å². The molecular weight excluding hydrogens is 196 g/mol. The molecule has 1 saturated heterocycles. The van der Waals surface area contributed by atoms with Gasteiger partial charge < -0.3 is 14.8 Å². The van der Waals surface area contributed by atoms with Crippen LogP contribution in [0.25, 0.3) is 0 Å². The molecule has 0 aromatic carbocycles. The van der Waals surface area contributed by atoms with Crippen molar-refractivity contribution < 1.29 is 14.3 Å². The molecular formula is C10H20N2O3. The van der Waals surface area contributed by atoms with Crippen LogP contribution in [0, 0.1) is 0 Å². The number of likely N-dealkylation sites (N-methyl/N-ethyl adjacent to an activating group) is 1. The van der Waals surface area contributed by atoms with Crippen molar-refractivity contribution in [2.75, 3.05) is 26.7 Å². The highest BCUT2D eigenvalue weighted by Gasteiger charge is 2.26. The summed E-state index contributed by atoms with van der Waals surface area (Å²) in [6.07, 6.45) is -0.579. The summed E-state index contributed by atoms with van der Waals surface area (Å²) in [5.41, 5.74) is -0.465. The van der Waals surface area contributed by atoms with Crippen LogP contribution in [0.2, 0.25) is 0 Å². The molecule has 1 amide bonds. The molecule has 1 fully saturated rings. The van der Waals surface area contributed by atoms with Crippen molar-refractivity contribution in [1.82, 2.24) is 10.2 Å². The third-order valence-electron chi connectivity index (χ3n) is 2.02. The first kappa shape index (κ1) is 12.3. The molecule has 88 valence electrons. The zero-order chi connectivity index (χ0) is 11.5. The van der Waals surface area contributed by atoms with Gasteiger partial charge in [0.15, 0.2) is 0 Å². The first-order chi connectivity index (χ1) is 6.90. The van der Waals surface area contributed by atoms with Crippen molar-refractivity contribution in [3.63, 3.8) is 0 Å². The van der Waals surface area contributed by atoms with Crippen molar-refractivity contribution in [2.24, 2.45) is 0 Å². The van der Waals surface area contributed by atoms with Gasteiger partial charge in [-0.15, -0.1) is 0 Å². The van der Waals surface area contributed by atoms with E-state index in [1.807, 2.05) is 20.8 Å². The van der Waals surface area contributed by atoms with Gasteiger partial charge in [0.1, 0.15) is 11.8 Å². The Labute approximate surface area is 90.7 Å². The summed E-state index contributed by atoms with van der Waals surface area (Å²) in [4.78, 5) is 13.1. The van der Waals surface area contributed by atoms with Crippen LogP contribution >= 0.6 is 0 Å². The number of nitrogens with one attached hydrogen (secondary N) is 1. The van der Waals surface area contributed by atoms with Crippen molar-refractivity contribution in [2.45, 2.75) is 32.6 Å². The van der Waals surface area contributed by atoms with Gasteiger partial charge in [0, 0.05) is 20.1 Å². The number of amides is 1. The molecule has 0 aliphatic carbocycles. The van der Waals surface area contributed by atoms with Gasteiger partial charge in [0.25, 0.3) is 0 Å². The minimum atomic E-state index is -0.465. The van der Waals surface area contributed by atoms with Gasteiger partial charge in [0.2, 0.25) is 0 Å². The first-order valence-electron chi connectivity index (χ1n) is 5.18. The van der Waals surface area contributed by atoms with Gasteiger partial charge in [-0.3, -0.25) is 4.90 Å². The van der Waals surface area contributed by atoms with Crippen molar-refractivity contribution in [3.8, 4) is 0 Å². The van der Waals surface area contributed by atoms with Gasteiger partial charge in [-0.25, -0.2) is 4.79 Å². The zero-order valence-corrected chi connectivity index (χ0v) is 9.87. The molecule has 1 N–H and O–H groups in total. The third-order valence-corrected chi connectivity index (χ3v) is 2.02. The number of hydrogen-bond acceptors (Lipinski definition) is 4. The third kappa shape index (κ3) is 4.05. The highest BCUT2D eigenvalue weighted by molar-refractivity contribution is 5.68. The first-order valence-corrected chi connectivity index (χ1v) is 5.18. The fourth-order valence-electron chi connectivity index (χ4n) is 1.25. The summed E-state index contributed by atoms with van der Waals surface area (Å²) >= 11 is 0. The summed E-state index contributed by atoms with van der Waals surface area (Å²) in [7, 11) is 1.69. The normalized spacial score (nSPS) is 22.3. The van der Waals surface area contributed by atoms with E-state index in [1.54, 1.807) is 7.05 Å². The molecule has 5 nitrogen and oxygen atoms in total. The Bertz CT molecular complexity index is 219. The summed E-state index contributed by atoms with van der Waals surface area (Å²) in [6.45, 7) is 7.64. The van der Waals surface area contributed by atoms with Crippen LogP contribution in [-0.4, -0.2) is 49.6 Å².